The van der Waals surface area contributed by atoms with Crippen LogP contribution in [-0.4, -0.2) is 64.8 Å². The SMILES string of the molecule is CCNc1cncc(C(=O)N(C)CC2(O)CCOCC2)n1. The molecule has 0 atom stereocenters. The second-order valence-corrected chi connectivity index (χ2v) is 5.32. The smallest absolute Gasteiger partial charge is 0.273 e. The van der Waals surface area contributed by atoms with Crippen LogP contribution in [0.1, 0.15) is 30.3 Å². The average molecular weight is 294 g/mol. The summed E-state index contributed by atoms with van der Waals surface area (Å²) in [6.07, 6.45) is 4.08. The highest BCUT2D eigenvalue weighted by molar-refractivity contribution is 5.92. The van der Waals surface area contributed by atoms with Gasteiger partial charge in [-0.15, -0.1) is 0 Å². The third-order valence-electron chi connectivity index (χ3n) is 3.51. The Morgan fingerprint density at radius 3 is 2.86 bits per heavy atom. The number of likely N-dealkylation sites (N-methyl/N-ethyl adjacent to an activating group) is 1. The molecule has 2 rings (SSSR count). The van der Waals surface area contributed by atoms with Crippen LogP contribution in [0.4, 0.5) is 5.82 Å². The summed E-state index contributed by atoms with van der Waals surface area (Å²) < 4.78 is 5.24. The van der Waals surface area contributed by atoms with Crippen molar-refractivity contribution < 1.29 is 14.6 Å². The number of aromatic nitrogens is 2. The number of nitrogens with one attached hydrogen (secondary N) is 1. The van der Waals surface area contributed by atoms with Gasteiger partial charge in [0.25, 0.3) is 5.91 Å². The van der Waals surface area contributed by atoms with E-state index >= 15 is 0 Å². The number of carbonyl (C=O) groups excluding carboxylic acids is 1. The maximum absolute atomic E-state index is 12.4. The fraction of sp³-hybridized carbons (Fsp3) is 0.643. The zero-order chi connectivity index (χ0) is 15.3. The molecule has 21 heavy (non-hydrogen) atoms. The van der Waals surface area contributed by atoms with Gasteiger partial charge in [0.1, 0.15) is 11.5 Å². The standard InChI is InChI=1S/C14H22N4O3/c1-3-16-12-9-15-8-11(17-12)13(19)18(2)10-14(20)4-6-21-7-5-14/h8-9,20H,3-7,10H2,1-2H3,(H,16,17). The minimum absolute atomic E-state index is 0.248. The molecule has 7 nitrogen and oxygen atoms in total. The van der Waals surface area contributed by atoms with Crippen LogP contribution in [-0.2, 0) is 4.74 Å². The first-order valence-electron chi connectivity index (χ1n) is 7.15. The third-order valence-corrected chi connectivity index (χ3v) is 3.51. The van der Waals surface area contributed by atoms with Gasteiger partial charge in [-0.2, -0.15) is 0 Å². The fourth-order valence-corrected chi connectivity index (χ4v) is 2.35. The summed E-state index contributed by atoms with van der Waals surface area (Å²) >= 11 is 0. The monoisotopic (exact) mass is 294 g/mol. The Morgan fingerprint density at radius 2 is 2.19 bits per heavy atom. The summed E-state index contributed by atoms with van der Waals surface area (Å²) in [4.78, 5) is 22.1. The molecule has 1 fully saturated rings. The highest BCUT2D eigenvalue weighted by Crippen LogP contribution is 2.21. The van der Waals surface area contributed by atoms with E-state index in [-0.39, 0.29) is 18.1 Å². The molecule has 1 aromatic rings. The maximum Gasteiger partial charge on any atom is 0.273 e. The second-order valence-electron chi connectivity index (χ2n) is 5.32. The molecular weight excluding hydrogens is 272 g/mol. The molecule has 7 heteroatoms. The van der Waals surface area contributed by atoms with Gasteiger partial charge in [0, 0.05) is 46.2 Å². The molecule has 0 aromatic carbocycles. The zero-order valence-corrected chi connectivity index (χ0v) is 12.5. The predicted octanol–water partition coefficient (Wildman–Crippen LogP) is 0.522. The number of hydrogen-bond donors (Lipinski definition) is 2. The minimum atomic E-state index is -0.880. The van der Waals surface area contributed by atoms with Gasteiger partial charge in [-0.1, -0.05) is 0 Å². The Labute approximate surface area is 124 Å². The van der Waals surface area contributed by atoms with Crippen molar-refractivity contribution >= 4 is 11.7 Å². The summed E-state index contributed by atoms with van der Waals surface area (Å²) in [7, 11) is 1.66. The molecule has 1 amide bonds. The van der Waals surface area contributed by atoms with Crippen molar-refractivity contribution in [3.8, 4) is 0 Å². The van der Waals surface area contributed by atoms with Gasteiger partial charge in [-0.05, 0) is 6.92 Å². The predicted molar refractivity (Wildman–Crippen MR) is 78.2 cm³/mol. The highest BCUT2D eigenvalue weighted by atomic mass is 16.5. The molecule has 116 valence electrons. The number of ether oxygens (including phenoxy) is 1. The van der Waals surface area contributed by atoms with Crippen LogP contribution >= 0.6 is 0 Å². The molecule has 1 aromatic heterocycles. The molecule has 0 saturated carbocycles. The quantitative estimate of drug-likeness (QED) is 0.823. The lowest BCUT2D eigenvalue weighted by atomic mass is 9.94. The summed E-state index contributed by atoms with van der Waals surface area (Å²) in [5.41, 5.74) is -0.610. The molecule has 0 bridgehead atoms. The Kier molecular flexibility index (Phi) is 5.08. The zero-order valence-electron chi connectivity index (χ0n) is 12.5. The summed E-state index contributed by atoms with van der Waals surface area (Å²) in [5, 5.41) is 13.5. The number of aliphatic hydroxyl groups is 1. The summed E-state index contributed by atoms with van der Waals surface area (Å²) in [6, 6.07) is 0. The van der Waals surface area contributed by atoms with Crippen molar-refractivity contribution in [1.82, 2.24) is 14.9 Å². The van der Waals surface area contributed by atoms with Crippen LogP contribution in [0.3, 0.4) is 0 Å². The first-order chi connectivity index (χ1) is 10.0. The topological polar surface area (TPSA) is 87.6 Å². The largest absolute Gasteiger partial charge is 0.388 e. The van der Waals surface area contributed by atoms with E-state index in [2.05, 4.69) is 15.3 Å². The Bertz CT molecular complexity index is 489. The van der Waals surface area contributed by atoms with Crippen LogP contribution < -0.4 is 5.32 Å². The van der Waals surface area contributed by atoms with Crippen LogP contribution in [0, 0.1) is 0 Å². The van der Waals surface area contributed by atoms with Crippen molar-refractivity contribution in [3.63, 3.8) is 0 Å². The Morgan fingerprint density at radius 1 is 1.48 bits per heavy atom. The lowest BCUT2D eigenvalue weighted by Gasteiger charge is -2.35. The van der Waals surface area contributed by atoms with E-state index in [1.54, 1.807) is 13.2 Å². The van der Waals surface area contributed by atoms with Gasteiger partial charge >= 0.3 is 0 Å². The van der Waals surface area contributed by atoms with Crippen molar-refractivity contribution in [1.29, 1.82) is 0 Å². The normalized spacial score (nSPS) is 17.3. The number of amides is 1. The van der Waals surface area contributed by atoms with E-state index in [9.17, 15) is 9.90 Å². The highest BCUT2D eigenvalue weighted by Gasteiger charge is 2.32. The number of rotatable bonds is 5. The van der Waals surface area contributed by atoms with E-state index in [1.807, 2.05) is 6.92 Å². The van der Waals surface area contributed by atoms with Crippen molar-refractivity contribution in [2.45, 2.75) is 25.4 Å². The Hall–Kier alpha value is -1.73. The molecule has 2 heterocycles. The van der Waals surface area contributed by atoms with E-state index < -0.39 is 5.60 Å². The van der Waals surface area contributed by atoms with Crippen LogP contribution in [0.25, 0.3) is 0 Å². The molecule has 1 saturated heterocycles. The van der Waals surface area contributed by atoms with Gasteiger partial charge in [-0.3, -0.25) is 9.78 Å². The van der Waals surface area contributed by atoms with Crippen LogP contribution in [0.5, 0.6) is 0 Å². The fourth-order valence-electron chi connectivity index (χ4n) is 2.35. The lowest BCUT2D eigenvalue weighted by Crippen LogP contribution is -2.47. The number of carbonyl (C=O) groups is 1. The molecular formula is C14H22N4O3. The first-order valence-corrected chi connectivity index (χ1v) is 7.15. The number of hydrogen-bond acceptors (Lipinski definition) is 6. The van der Waals surface area contributed by atoms with E-state index in [1.165, 1.54) is 11.1 Å². The van der Waals surface area contributed by atoms with Gasteiger partial charge in [-0.25, -0.2) is 4.98 Å². The lowest BCUT2D eigenvalue weighted by molar-refractivity contribution is -0.0734. The van der Waals surface area contributed by atoms with E-state index in [0.717, 1.165) is 0 Å². The van der Waals surface area contributed by atoms with Gasteiger partial charge < -0.3 is 20.1 Å². The number of nitrogens with zero attached hydrogens (tertiary/aromatic N) is 3. The molecule has 0 spiro atoms. The van der Waals surface area contributed by atoms with Crippen molar-refractivity contribution in [3.05, 3.63) is 18.1 Å². The average Bonchev–Trinajstić information content (AvgIpc) is 2.47. The van der Waals surface area contributed by atoms with E-state index in [0.29, 0.717) is 38.4 Å². The van der Waals surface area contributed by atoms with E-state index in [4.69, 9.17) is 4.74 Å². The molecule has 0 aliphatic carbocycles. The summed E-state index contributed by atoms with van der Waals surface area (Å²) in [6.45, 7) is 3.97. The van der Waals surface area contributed by atoms with Gasteiger partial charge in [0.05, 0.1) is 18.0 Å². The maximum atomic E-state index is 12.4. The third kappa shape index (κ3) is 4.12. The van der Waals surface area contributed by atoms with Crippen molar-refractivity contribution in [2.75, 3.05) is 38.7 Å². The molecule has 0 unspecified atom stereocenters. The van der Waals surface area contributed by atoms with Gasteiger partial charge in [0.15, 0.2) is 0 Å². The molecule has 1 aliphatic rings. The number of anilines is 1. The minimum Gasteiger partial charge on any atom is -0.388 e. The van der Waals surface area contributed by atoms with Crippen LogP contribution in [0.15, 0.2) is 12.4 Å². The van der Waals surface area contributed by atoms with Gasteiger partial charge in [0.2, 0.25) is 0 Å². The Balaban J connectivity index is 2.03. The molecule has 1 aliphatic heterocycles. The first kappa shape index (κ1) is 15.7. The summed E-state index contributed by atoms with van der Waals surface area (Å²) in [5.74, 6) is 0.323. The molecule has 2 N–H and O–H groups in total. The van der Waals surface area contributed by atoms with Crippen LogP contribution in [0.2, 0.25) is 0 Å². The molecule has 0 radical (unpaired) electrons. The van der Waals surface area contributed by atoms with Crippen molar-refractivity contribution in [2.24, 2.45) is 0 Å². The second kappa shape index (κ2) is 6.82.